The van der Waals surface area contributed by atoms with Crippen LogP contribution in [0.15, 0.2) is 42.7 Å². The van der Waals surface area contributed by atoms with Gasteiger partial charge >= 0.3 is 6.09 Å². The number of aromatic amines is 1. The molecule has 3 N–H and O–H groups in total. The van der Waals surface area contributed by atoms with Crippen molar-refractivity contribution in [2.45, 2.75) is 43.2 Å². The van der Waals surface area contributed by atoms with Gasteiger partial charge in [-0.25, -0.2) is 27.9 Å². The van der Waals surface area contributed by atoms with Gasteiger partial charge in [0.05, 0.1) is 18.0 Å². The van der Waals surface area contributed by atoms with Gasteiger partial charge in [0.25, 0.3) is 0 Å². The van der Waals surface area contributed by atoms with Crippen molar-refractivity contribution in [3.05, 3.63) is 60.1 Å². The van der Waals surface area contributed by atoms with Crippen LogP contribution in [-0.2, 0) is 9.47 Å². The van der Waals surface area contributed by atoms with E-state index < -0.39 is 36.1 Å². The van der Waals surface area contributed by atoms with E-state index in [0.29, 0.717) is 28.8 Å². The van der Waals surface area contributed by atoms with Gasteiger partial charge in [-0.2, -0.15) is 5.10 Å². The summed E-state index contributed by atoms with van der Waals surface area (Å²) in [5, 5.41) is 12.8. The van der Waals surface area contributed by atoms with Crippen LogP contribution in [0.3, 0.4) is 0 Å². The molecule has 38 heavy (non-hydrogen) atoms. The zero-order chi connectivity index (χ0) is 26.0. The number of hydrogen-bond acceptors (Lipinski definition) is 7. The molecule has 13 heteroatoms. The molecule has 3 aliphatic carbocycles. The number of hydrogen-bond donors (Lipinski definition) is 3. The van der Waals surface area contributed by atoms with Crippen LogP contribution in [-0.4, -0.2) is 55.1 Å². The number of halogens is 3. The van der Waals surface area contributed by atoms with Crippen LogP contribution in [0.4, 0.5) is 29.7 Å². The summed E-state index contributed by atoms with van der Waals surface area (Å²) >= 11 is 0. The number of benzene rings is 1. The van der Waals surface area contributed by atoms with Gasteiger partial charge in [-0.15, -0.1) is 0 Å². The molecule has 1 aromatic carbocycles. The van der Waals surface area contributed by atoms with Gasteiger partial charge in [-0.3, -0.25) is 9.50 Å². The molecule has 4 aliphatic rings. The molecule has 3 aromatic heterocycles. The molecule has 1 amide bonds. The molecule has 1 aliphatic heterocycles. The minimum atomic E-state index is -1.59. The number of amides is 1. The highest BCUT2D eigenvalue weighted by Gasteiger charge is 2.58. The minimum Gasteiger partial charge on any atom is -0.441 e. The predicted molar refractivity (Wildman–Crippen MR) is 127 cm³/mol. The van der Waals surface area contributed by atoms with Crippen molar-refractivity contribution in [2.75, 3.05) is 11.9 Å². The molecule has 4 aromatic rings. The average molecular weight is 525 g/mol. The normalized spacial score (nSPS) is 27.6. The first-order chi connectivity index (χ1) is 18.3. The highest BCUT2D eigenvalue weighted by molar-refractivity contribution is 5.69. The molecule has 2 bridgehead atoms. The SMILES string of the molecule is O=C(NC12CC(C1)C2)O[C@H]1CO[C@@H](c2cc(Nc3nc(-c4cc(F)cc(F)c4)cc4nccn34)n[nH]2)[C@@H]1F. The van der Waals surface area contributed by atoms with E-state index in [9.17, 15) is 13.6 Å². The highest BCUT2D eigenvalue weighted by Crippen LogP contribution is 2.57. The van der Waals surface area contributed by atoms with E-state index in [2.05, 4.69) is 30.8 Å². The van der Waals surface area contributed by atoms with E-state index in [0.717, 1.165) is 25.3 Å². The lowest BCUT2D eigenvalue weighted by molar-refractivity contribution is -0.0528. The third-order valence-electron chi connectivity index (χ3n) is 7.44. The van der Waals surface area contributed by atoms with Crippen LogP contribution < -0.4 is 10.6 Å². The van der Waals surface area contributed by atoms with Gasteiger partial charge < -0.3 is 20.1 Å². The second kappa shape index (κ2) is 8.45. The number of H-pyrrole nitrogens is 1. The van der Waals surface area contributed by atoms with Crippen molar-refractivity contribution in [3.8, 4) is 11.3 Å². The Morgan fingerprint density at radius 2 is 1.95 bits per heavy atom. The number of fused-ring (bicyclic) bond motifs is 1. The third kappa shape index (κ3) is 3.93. The molecular formula is C25H22F3N7O3. The molecule has 8 rings (SSSR count). The Bertz CT molecular complexity index is 1520. The van der Waals surface area contributed by atoms with Crippen molar-refractivity contribution in [3.63, 3.8) is 0 Å². The number of aromatic nitrogens is 5. The summed E-state index contributed by atoms with van der Waals surface area (Å²) in [5.41, 5.74) is 1.20. The zero-order valence-corrected chi connectivity index (χ0v) is 19.8. The van der Waals surface area contributed by atoms with E-state index in [4.69, 9.17) is 9.47 Å². The van der Waals surface area contributed by atoms with Crippen molar-refractivity contribution in [1.29, 1.82) is 0 Å². The Morgan fingerprint density at radius 3 is 2.68 bits per heavy atom. The fraction of sp³-hybridized carbons (Fsp3) is 0.360. The Morgan fingerprint density at radius 1 is 1.16 bits per heavy atom. The largest absolute Gasteiger partial charge is 0.441 e. The summed E-state index contributed by atoms with van der Waals surface area (Å²) in [6.45, 7) is -0.0832. The van der Waals surface area contributed by atoms with Gasteiger partial charge in [-0.05, 0) is 37.3 Å². The first kappa shape index (κ1) is 23.0. The monoisotopic (exact) mass is 525 g/mol. The Kier molecular flexibility index (Phi) is 5.12. The van der Waals surface area contributed by atoms with E-state index in [1.807, 2.05) is 0 Å². The van der Waals surface area contributed by atoms with Crippen LogP contribution in [0.5, 0.6) is 0 Å². The molecule has 196 valence electrons. The summed E-state index contributed by atoms with van der Waals surface area (Å²) in [6, 6.07) is 6.28. The van der Waals surface area contributed by atoms with Gasteiger partial charge in [0.2, 0.25) is 5.95 Å². The number of alkyl carbamates (subject to hydrolysis) is 1. The lowest BCUT2D eigenvalue weighted by Gasteiger charge is -2.61. The Labute approximate surface area is 213 Å². The molecule has 10 nitrogen and oxygen atoms in total. The van der Waals surface area contributed by atoms with Crippen molar-refractivity contribution in [1.82, 2.24) is 29.9 Å². The molecule has 0 radical (unpaired) electrons. The van der Waals surface area contributed by atoms with Gasteiger partial charge in [0.15, 0.2) is 18.1 Å². The Hall–Kier alpha value is -4.13. The molecule has 1 saturated heterocycles. The van der Waals surface area contributed by atoms with Crippen LogP contribution >= 0.6 is 0 Å². The fourth-order valence-corrected chi connectivity index (χ4v) is 5.47. The summed E-state index contributed by atoms with van der Waals surface area (Å²) < 4.78 is 55.3. The molecular weight excluding hydrogens is 503 g/mol. The molecule has 3 atom stereocenters. The molecule has 0 spiro atoms. The molecule has 4 heterocycles. The number of carbonyl (C=O) groups excluding carboxylic acids is 1. The summed E-state index contributed by atoms with van der Waals surface area (Å²) in [7, 11) is 0. The maximum atomic E-state index is 15.2. The number of nitrogens with one attached hydrogen (secondary N) is 3. The quantitative estimate of drug-likeness (QED) is 0.345. The van der Waals surface area contributed by atoms with E-state index in [1.54, 1.807) is 28.9 Å². The van der Waals surface area contributed by atoms with Gasteiger partial charge in [-0.1, -0.05) is 0 Å². The fourth-order valence-electron chi connectivity index (χ4n) is 5.47. The number of alkyl halides is 1. The summed E-state index contributed by atoms with van der Waals surface area (Å²) in [4.78, 5) is 21.0. The average Bonchev–Trinajstić information content (AvgIpc) is 3.56. The molecule has 0 unspecified atom stereocenters. The van der Waals surface area contributed by atoms with Crippen molar-refractivity contribution < 1.29 is 27.4 Å². The number of anilines is 2. The lowest BCUT2D eigenvalue weighted by atomic mass is 9.50. The number of carbonyl (C=O) groups is 1. The van der Waals surface area contributed by atoms with Gasteiger partial charge in [0, 0.05) is 41.7 Å². The first-order valence-electron chi connectivity index (χ1n) is 12.2. The second-order valence-corrected chi connectivity index (χ2v) is 10.1. The number of nitrogens with zero attached hydrogens (tertiary/aromatic N) is 4. The molecule has 3 saturated carbocycles. The lowest BCUT2D eigenvalue weighted by Crippen LogP contribution is -2.68. The van der Waals surface area contributed by atoms with Crippen LogP contribution in [0.2, 0.25) is 0 Å². The standard InChI is InChI=1S/C25H22F3N7O3/c26-14-3-13(4-15(27)5-14)16-7-20-29-1-2-35(20)23(30-16)31-19-6-17(33-34-19)22-21(28)18(11-37-22)38-24(36)32-25-8-12(9-25)10-25/h1-7,12,18,21-22H,8-11H2,(H,32,36)(H2,30,31,33,34)/t12?,18-,21+,22-,25?/m0/s1. The predicted octanol–water partition coefficient (Wildman–Crippen LogP) is 4.20. The highest BCUT2D eigenvalue weighted by atomic mass is 19.1. The molecule has 4 fully saturated rings. The number of rotatable bonds is 6. The topological polar surface area (TPSA) is 118 Å². The van der Waals surface area contributed by atoms with Crippen molar-refractivity contribution in [2.24, 2.45) is 5.92 Å². The van der Waals surface area contributed by atoms with E-state index in [-0.39, 0.29) is 23.7 Å². The van der Waals surface area contributed by atoms with Gasteiger partial charge in [0.1, 0.15) is 23.4 Å². The second-order valence-electron chi connectivity index (χ2n) is 10.1. The van der Waals surface area contributed by atoms with E-state index >= 15 is 4.39 Å². The summed E-state index contributed by atoms with van der Waals surface area (Å²) in [6.07, 6.45) is 1.82. The number of ether oxygens (including phenoxy) is 2. The first-order valence-corrected chi connectivity index (χ1v) is 12.2. The zero-order valence-electron chi connectivity index (χ0n) is 19.8. The Balaban J connectivity index is 1.07. The maximum Gasteiger partial charge on any atom is 0.408 e. The van der Waals surface area contributed by atoms with Crippen LogP contribution in [0, 0.1) is 17.6 Å². The smallest absolute Gasteiger partial charge is 0.408 e. The number of imidazole rings is 1. The van der Waals surface area contributed by atoms with Crippen LogP contribution in [0.1, 0.15) is 31.1 Å². The third-order valence-corrected chi connectivity index (χ3v) is 7.44. The minimum absolute atomic E-state index is 0.0832. The van der Waals surface area contributed by atoms with E-state index in [1.165, 1.54) is 12.1 Å². The van der Waals surface area contributed by atoms with Crippen LogP contribution in [0.25, 0.3) is 16.9 Å². The summed E-state index contributed by atoms with van der Waals surface area (Å²) in [5.74, 6) is -0.195. The maximum absolute atomic E-state index is 15.2. The van der Waals surface area contributed by atoms with Crippen molar-refractivity contribution >= 4 is 23.5 Å².